The summed E-state index contributed by atoms with van der Waals surface area (Å²) in [6, 6.07) is 10.1. The van der Waals surface area contributed by atoms with Crippen molar-refractivity contribution in [2.45, 2.75) is 25.9 Å². The van der Waals surface area contributed by atoms with Crippen molar-refractivity contribution in [2.24, 2.45) is 0 Å². The Balaban J connectivity index is 1.41. The highest BCUT2D eigenvalue weighted by Gasteiger charge is 2.25. The van der Waals surface area contributed by atoms with Crippen LogP contribution in [-0.4, -0.2) is 42.9 Å². The Morgan fingerprint density at radius 1 is 1.22 bits per heavy atom. The summed E-state index contributed by atoms with van der Waals surface area (Å²) in [5.74, 6) is 2.34. The quantitative estimate of drug-likeness (QED) is 0.733. The number of nitrogens with zero attached hydrogens (tertiary/aromatic N) is 6. The van der Waals surface area contributed by atoms with Gasteiger partial charge in [0.15, 0.2) is 0 Å². The summed E-state index contributed by atoms with van der Waals surface area (Å²) in [5.41, 5.74) is 0.974. The smallest absolute Gasteiger partial charge is 0.228 e. The summed E-state index contributed by atoms with van der Waals surface area (Å²) in [6.45, 7) is 4.92. The highest BCUT2D eigenvalue weighted by molar-refractivity contribution is 5.53. The molecule has 2 aromatic heterocycles. The van der Waals surface area contributed by atoms with Gasteiger partial charge in [0.05, 0.1) is 6.04 Å². The third-order valence-corrected chi connectivity index (χ3v) is 4.31. The van der Waals surface area contributed by atoms with Gasteiger partial charge in [-0.2, -0.15) is 4.98 Å². The third-order valence-electron chi connectivity index (χ3n) is 4.31. The Labute approximate surface area is 134 Å². The molecule has 1 aliphatic rings. The molecule has 0 saturated carbocycles. The molecule has 0 amide bonds. The van der Waals surface area contributed by atoms with Gasteiger partial charge in [-0.1, -0.05) is 35.5 Å². The van der Waals surface area contributed by atoms with E-state index in [2.05, 4.69) is 36.7 Å². The predicted molar refractivity (Wildman–Crippen MR) is 83.4 cm³/mol. The second-order valence-electron chi connectivity index (χ2n) is 5.72. The first kappa shape index (κ1) is 14.1. The molecule has 7 heteroatoms. The van der Waals surface area contributed by atoms with Crippen LogP contribution in [0.2, 0.25) is 0 Å². The second kappa shape index (κ2) is 5.92. The molecule has 1 atom stereocenters. The van der Waals surface area contributed by atoms with Crippen molar-refractivity contribution in [3.05, 3.63) is 48.4 Å². The van der Waals surface area contributed by atoms with Gasteiger partial charge in [-0.25, -0.2) is 0 Å². The lowest BCUT2D eigenvalue weighted by Gasteiger charge is -2.32. The van der Waals surface area contributed by atoms with Crippen LogP contribution < -0.4 is 0 Å². The summed E-state index contributed by atoms with van der Waals surface area (Å²) < 4.78 is 7.49. The van der Waals surface area contributed by atoms with Crippen molar-refractivity contribution in [1.29, 1.82) is 0 Å². The maximum absolute atomic E-state index is 5.38. The lowest BCUT2D eigenvalue weighted by atomic mass is 10.2. The maximum atomic E-state index is 5.38. The van der Waals surface area contributed by atoms with E-state index in [1.807, 2.05) is 30.3 Å². The fourth-order valence-electron chi connectivity index (χ4n) is 2.96. The van der Waals surface area contributed by atoms with E-state index in [0.717, 1.165) is 37.4 Å². The molecule has 0 radical (unpaired) electrons. The van der Waals surface area contributed by atoms with Gasteiger partial charge in [0, 0.05) is 31.6 Å². The van der Waals surface area contributed by atoms with Crippen LogP contribution >= 0.6 is 0 Å². The molecule has 3 aromatic rings. The largest absolute Gasteiger partial charge is 0.339 e. The molecule has 1 unspecified atom stereocenters. The van der Waals surface area contributed by atoms with Gasteiger partial charge in [-0.3, -0.25) is 4.90 Å². The standard InChI is InChI=1S/C16H18N6O/c1-12-16-19-17-11-22(16)10-9-21(12)8-7-14-18-15(20-23-14)13-5-3-2-4-6-13/h2-6,11-12H,7-10H2,1H3. The highest BCUT2D eigenvalue weighted by atomic mass is 16.5. The molecule has 0 fully saturated rings. The monoisotopic (exact) mass is 310 g/mol. The fraction of sp³-hybridized carbons (Fsp3) is 0.375. The Morgan fingerprint density at radius 3 is 2.96 bits per heavy atom. The molecule has 1 aromatic carbocycles. The van der Waals surface area contributed by atoms with Crippen LogP contribution in [-0.2, 0) is 13.0 Å². The molecule has 1 aliphatic heterocycles. The average molecular weight is 310 g/mol. The number of hydrogen-bond acceptors (Lipinski definition) is 6. The summed E-state index contributed by atoms with van der Waals surface area (Å²) in [4.78, 5) is 6.86. The van der Waals surface area contributed by atoms with E-state index in [0.29, 0.717) is 11.7 Å². The van der Waals surface area contributed by atoms with Crippen molar-refractivity contribution < 1.29 is 4.52 Å². The topological polar surface area (TPSA) is 72.9 Å². The van der Waals surface area contributed by atoms with Crippen LogP contribution in [0, 0.1) is 0 Å². The zero-order valence-electron chi connectivity index (χ0n) is 13.0. The summed E-state index contributed by atoms with van der Waals surface area (Å²) in [5, 5.41) is 12.3. The van der Waals surface area contributed by atoms with E-state index >= 15 is 0 Å². The van der Waals surface area contributed by atoms with Crippen molar-refractivity contribution in [2.75, 3.05) is 13.1 Å². The SMILES string of the molecule is CC1c2nncn2CCN1CCc1nc(-c2ccccc2)no1. The minimum absolute atomic E-state index is 0.253. The van der Waals surface area contributed by atoms with E-state index in [-0.39, 0.29) is 6.04 Å². The molecule has 0 N–H and O–H groups in total. The summed E-state index contributed by atoms with van der Waals surface area (Å²) in [6.07, 6.45) is 2.53. The van der Waals surface area contributed by atoms with Gasteiger partial charge in [0.1, 0.15) is 12.2 Å². The molecular formula is C16H18N6O. The Kier molecular flexibility index (Phi) is 3.63. The van der Waals surface area contributed by atoms with Crippen molar-refractivity contribution in [3.63, 3.8) is 0 Å². The lowest BCUT2D eigenvalue weighted by molar-refractivity contribution is 0.162. The third kappa shape index (κ3) is 2.75. The Bertz CT molecular complexity index is 781. The number of hydrogen-bond donors (Lipinski definition) is 0. The molecule has 3 heterocycles. The summed E-state index contributed by atoms with van der Waals surface area (Å²) in [7, 11) is 0. The first-order valence-electron chi connectivity index (χ1n) is 7.81. The number of benzene rings is 1. The molecule has 23 heavy (non-hydrogen) atoms. The van der Waals surface area contributed by atoms with Gasteiger partial charge in [0.25, 0.3) is 0 Å². The van der Waals surface area contributed by atoms with Crippen molar-refractivity contribution >= 4 is 0 Å². The average Bonchev–Trinajstić information content (AvgIpc) is 3.25. The molecule has 118 valence electrons. The molecule has 0 aliphatic carbocycles. The Hall–Kier alpha value is -2.54. The van der Waals surface area contributed by atoms with Crippen molar-refractivity contribution in [1.82, 2.24) is 29.8 Å². The van der Waals surface area contributed by atoms with E-state index in [1.54, 1.807) is 6.33 Å². The molecule has 4 rings (SSSR count). The predicted octanol–water partition coefficient (Wildman–Crippen LogP) is 1.95. The zero-order chi connectivity index (χ0) is 15.6. The minimum Gasteiger partial charge on any atom is -0.339 e. The van der Waals surface area contributed by atoms with Crippen LogP contribution in [0.25, 0.3) is 11.4 Å². The van der Waals surface area contributed by atoms with Crippen molar-refractivity contribution in [3.8, 4) is 11.4 Å². The van der Waals surface area contributed by atoms with Gasteiger partial charge in [-0.15, -0.1) is 10.2 Å². The molecule has 7 nitrogen and oxygen atoms in total. The molecule has 0 spiro atoms. The second-order valence-corrected chi connectivity index (χ2v) is 5.72. The zero-order valence-corrected chi connectivity index (χ0v) is 13.0. The van der Waals surface area contributed by atoms with Gasteiger partial charge in [-0.05, 0) is 6.92 Å². The maximum Gasteiger partial charge on any atom is 0.228 e. The van der Waals surface area contributed by atoms with Gasteiger partial charge < -0.3 is 9.09 Å². The summed E-state index contributed by atoms with van der Waals surface area (Å²) >= 11 is 0. The first-order chi connectivity index (χ1) is 11.3. The molecular weight excluding hydrogens is 292 g/mol. The minimum atomic E-state index is 0.253. The number of rotatable bonds is 4. The van der Waals surface area contributed by atoms with Crippen LogP contribution in [0.5, 0.6) is 0 Å². The number of aromatic nitrogens is 5. The van der Waals surface area contributed by atoms with Crippen LogP contribution in [0.3, 0.4) is 0 Å². The Morgan fingerprint density at radius 2 is 2.09 bits per heavy atom. The van der Waals surface area contributed by atoms with Gasteiger partial charge >= 0.3 is 0 Å². The van der Waals surface area contributed by atoms with E-state index in [1.165, 1.54) is 0 Å². The van der Waals surface area contributed by atoms with E-state index in [4.69, 9.17) is 4.52 Å². The van der Waals surface area contributed by atoms with Crippen LogP contribution in [0.1, 0.15) is 24.7 Å². The van der Waals surface area contributed by atoms with E-state index < -0.39 is 0 Å². The first-order valence-corrected chi connectivity index (χ1v) is 7.81. The highest BCUT2D eigenvalue weighted by Crippen LogP contribution is 2.23. The van der Waals surface area contributed by atoms with E-state index in [9.17, 15) is 0 Å². The van der Waals surface area contributed by atoms with Crippen LogP contribution in [0.15, 0.2) is 41.2 Å². The normalized spacial score (nSPS) is 18.0. The fourth-order valence-corrected chi connectivity index (χ4v) is 2.96. The lowest BCUT2D eigenvalue weighted by Crippen LogP contribution is -2.38. The molecule has 0 saturated heterocycles. The number of fused-ring (bicyclic) bond motifs is 1. The van der Waals surface area contributed by atoms with Crippen LogP contribution in [0.4, 0.5) is 0 Å². The van der Waals surface area contributed by atoms with Gasteiger partial charge in [0.2, 0.25) is 11.7 Å². The molecule has 0 bridgehead atoms.